The lowest BCUT2D eigenvalue weighted by Gasteiger charge is -2.18. The number of hydrogen-bond acceptors (Lipinski definition) is 4. The van der Waals surface area contributed by atoms with E-state index in [-0.39, 0.29) is 6.04 Å². The Kier molecular flexibility index (Phi) is 5.07. The Labute approximate surface area is 175 Å². The Hall–Kier alpha value is -2.82. The third kappa shape index (κ3) is 4.00. The zero-order valence-electron chi connectivity index (χ0n) is 16.6. The van der Waals surface area contributed by atoms with E-state index in [1.54, 1.807) is 32.6 Å². The second-order valence-corrected chi connectivity index (χ2v) is 8.18. The number of pyridine rings is 1. The van der Waals surface area contributed by atoms with Crippen LogP contribution >= 0.6 is 11.6 Å². The van der Waals surface area contributed by atoms with E-state index in [0.717, 1.165) is 38.8 Å². The van der Waals surface area contributed by atoms with Crippen LogP contribution in [-0.4, -0.2) is 10.1 Å². The average Bonchev–Trinajstić information content (AvgIpc) is 3.24. The molecule has 2 heterocycles. The van der Waals surface area contributed by atoms with Gasteiger partial charge in [0.15, 0.2) is 0 Å². The molecule has 0 fully saturated rings. The van der Waals surface area contributed by atoms with E-state index in [1.807, 2.05) is 42.5 Å². The minimum atomic E-state index is -0.861. The Morgan fingerprint density at radius 2 is 1.79 bits per heavy atom. The molecule has 148 valence electrons. The Balaban J connectivity index is 1.74. The molecule has 29 heavy (non-hydrogen) atoms. The summed E-state index contributed by atoms with van der Waals surface area (Å²) < 4.78 is 5.20. The van der Waals surface area contributed by atoms with Crippen molar-refractivity contribution in [1.82, 2.24) is 4.98 Å². The molecule has 0 bridgehead atoms. The van der Waals surface area contributed by atoms with E-state index in [1.165, 1.54) is 0 Å². The van der Waals surface area contributed by atoms with Gasteiger partial charge in [-0.15, -0.1) is 0 Å². The van der Waals surface area contributed by atoms with Crippen molar-refractivity contribution < 1.29 is 9.52 Å². The first kappa shape index (κ1) is 19.5. The lowest BCUT2D eigenvalue weighted by molar-refractivity contribution is 0.0786. The predicted molar refractivity (Wildman–Crippen MR) is 118 cm³/mol. The number of rotatable bonds is 5. The maximum atomic E-state index is 10.2. The van der Waals surface area contributed by atoms with Crippen LogP contribution < -0.4 is 5.32 Å². The fourth-order valence-electron chi connectivity index (χ4n) is 3.39. The highest BCUT2D eigenvalue weighted by Crippen LogP contribution is 2.35. The molecule has 2 aromatic carbocycles. The molecule has 0 radical (unpaired) electrons. The topological polar surface area (TPSA) is 58.3 Å². The van der Waals surface area contributed by atoms with Crippen LogP contribution in [0.4, 0.5) is 5.69 Å². The Morgan fingerprint density at radius 1 is 1.07 bits per heavy atom. The third-order valence-electron chi connectivity index (χ3n) is 5.15. The van der Waals surface area contributed by atoms with Crippen molar-refractivity contribution in [3.63, 3.8) is 0 Å². The molecule has 2 aromatic heterocycles. The Morgan fingerprint density at radius 3 is 2.45 bits per heavy atom. The summed E-state index contributed by atoms with van der Waals surface area (Å²) in [6.45, 7) is 5.63. The van der Waals surface area contributed by atoms with Gasteiger partial charge in [-0.2, -0.15) is 0 Å². The molecule has 4 nitrogen and oxygen atoms in total. The minimum Gasteiger partial charge on any atom is -0.472 e. The van der Waals surface area contributed by atoms with Gasteiger partial charge >= 0.3 is 0 Å². The van der Waals surface area contributed by atoms with E-state index in [9.17, 15) is 5.11 Å². The second kappa shape index (κ2) is 7.54. The second-order valence-electron chi connectivity index (χ2n) is 7.77. The van der Waals surface area contributed by atoms with Crippen molar-refractivity contribution in [2.75, 3.05) is 5.32 Å². The average molecular weight is 407 g/mol. The monoisotopic (exact) mass is 406 g/mol. The van der Waals surface area contributed by atoms with Crippen molar-refractivity contribution in [1.29, 1.82) is 0 Å². The molecule has 0 spiro atoms. The number of aromatic nitrogens is 1. The fourth-order valence-corrected chi connectivity index (χ4v) is 3.59. The van der Waals surface area contributed by atoms with Gasteiger partial charge < -0.3 is 14.8 Å². The highest BCUT2D eigenvalue weighted by Gasteiger charge is 2.16. The van der Waals surface area contributed by atoms with Crippen LogP contribution in [0.15, 0.2) is 71.7 Å². The van der Waals surface area contributed by atoms with Crippen molar-refractivity contribution in [2.24, 2.45) is 0 Å². The van der Waals surface area contributed by atoms with Crippen LogP contribution in [-0.2, 0) is 5.60 Å². The summed E-state index contributed by atoms with van der Waals surface area (Å²) in [4.78, 5) is 4.47. The van der Waals surface area contributed by atoms with Gasteiger partial charge in [-0.3, -0.25) is 4.98 Å². The SMILES string of the molecule is CC(Nc1c(Cl)cnc2ccc(-c3ccc(C(C)(C)O)cc3)cc12)c1ccoc1. The zero-order chi connectivity index (χ0) is 20.6. The fraction of sp³-hybridized carbons (Fsp3) is 0.208. The van der Waals surface area contributed by atoms with Gasteiger partial charge in [-0.05, 0) is 55.7 Å². The molecule has 2 N–H and O–H groups in total. The first-order valence-electron chi connectivity index (χ1n) is 9.53. The van der Waals surface area contributed by atoms with Gasteiger partial charge in [0, 0.05) is 17.1 Å². The standard InChI is InChI=1S/C24H23ClN2O2/c1-15(18-10-11-29-14-18)27-23-20-12-17(6-9-22(20)26-13-21(23)25)16-4-7-19(8-5-16)24(2,3)28/h4-15,28H,1-3H3,(H,26,27). The van der Waals surface area contributed by atoms with E-state index in [2.05, 4.69) is 23.3 Å². The molecule has 4 rings (SSSR count). The third-order valence-corrected chi connectivity index (χ3v) is 5.44. The van der Waals surface area contributed by atoms with Gasteiger partial charge in [0.2, 0.25) is 0 Å². The van der Waals surface area contributed by atoms with Gasteiger partial charge in [-0.25, -0.2) is 0 Å². The largest absolute Gasteiger partial charge is 0.472 e. The smallest absolute Gasteiger partial charge is 0.0955 e. The maximum Gasteiger partial charge on any atom is 0.0955 e. The number of anilines is 1. The van der Waals surface area contributed by atoms with Crippen LogP contribution in [0.3, 0.4) is 0 Å². The lowest BCUT2D eigenvalue weighted by atomic mass is 9.95. The molecule has 0 aliphatic heterocycles. The van der Waals surface area contributed by atoms with Gasteiger partial charge in [0.1, 0.15) is 0 Å². The first-order valence-corrected chi connectivity index (χ1v) is 9.91. The maximum absolute atomic E-state index is 10.2. The van der Waals surface area contributed by atoms with Crippen LogP contribution in [0, 0.1) is 0 Å². The van der Waals surface area contributed by atoms with Gasteiger partial charge in [0.25, 0.3) is 0 Å². The van der Waals surface area contributed by atoms with Crippen LogP contribution in [0.2, 0.25) is 5.02 Å². The zero-order valence-corrected chi connectivity index (χ0v) is 17.4. The van der Waals surface area contributed by atoms with Crippen molar-refractivity contribution in [3.05, 3.63) is 83.4 Å². The molecule has 0 saturated carbocycles. The molecule has 0 saturated heterocycles. The number of nitrogens with zero attached hydrogens (tertiary/aromatic N) is 1. The van der Waals surface area contributed by atoms with E-state index in [4.69, 9.17) is 16.0 Å². The highest BCUT2D eigenvalue weighted by molar-refractivity contribution is 6.34. The molecule has 1 unspecified atom stereocenters. The van der Waals surface area contributed by atoms with Crippen molar-refractivity contribution in [3.8, 4) is 11.1 Å². The van der Waals surface area contributed by atoms with Gasteiger partial charge in [0.05, 0.1) is 40.4 Å². The highest BCUT2D eigenvalue weighted by atomic mass is 35.5. The molecule has 4 aromatic rings. The van der Waals surface area contributed by atoms with E-state index < -0.39 is 5.60 Å². The van der Waals surface area contributed by atoms with E-state index >= 15 is 0 Å². The molecular weight excluding hydrogens is 384 g/mol. The van der Waals surface area contributed by atoms with Crippen molar-refractivity contribution >= 4 is 28.2 Å². The number of fused-ring (bicyclic) bond motifs is 1. The minimum absolute atomic E-state index is 0.0339. The summed E-state index contributed by atoms with van der Waals surface area (Å²) in [5.74, 6) is 0. The van der Waals surface area contributed by atoms with Crippen LogP contribution in [0.25, 0.3) is 22.0 Å². The summed E-state index contributed by atoms with van der Waals surface area (Å²) in [5, 5.41) is 15.2. The number of hydrogen-bond donors (Lipinski definition) is 2. The summed E-state index contributed by atoms with van der Waals surface area (Å²) in [6.07, 6.45) is 5.06. The van der Waals surface area contributed by atoms with Crippen LogP contribution in [0.1, 0.15) is 37.9 Å². The molecule has 0 amide bonds. The molecule has 0 aliphatic rings. The molecule has 0 aliphatic carbocycles. The van der Waals surface area contributed by atoms with E-state index in [0.29, 0.717) is 5.02 Å². The number of halogens is 1. The molecular formula is C24H23ClN2O2. The molecule has 1 atom stereocenters. The molecule has 5 heteroatoms. The number of benzene rings is 2. The van der Waals surface area contributed by atoms with Crippen LogP contribution in [0.5, 0.6) is 0 Å². The van der Waals surface area contributed by atoms with Crippen molar-refractivity contribution in [2.45, 2.75) is 32.4 Å². The normalized spacial score (nSPS) is 12.9. The summed E-state index contributed by atoms with van der Waals surface area (Å²) in [7, 11) is 0. The lowest BCUT2D eigenvalue weighted by Crippen LogP contribution is -2.14. The number of aliphatic hydroxyl groups is 1. The summed E-state index contributed by atoms with van der Waals surface area (Å²) in [5.41, 5.74) is 4.90. The number of nitrogens with one attached hydrogen (secondary N) is 1. The Bertz CT molecular complexity index is 1130. The number of furan rings is 1. The summed E-state index contributed by atoms with van der Waals surface area (Å²) in [6, 6.07) is 16.1. The summed E-state index contributed by atoms with van der Waals surface area (Å²) >= 11 is 6.50. The predicted octanol–water partition coefficient (Wildman–Crippen LogP) is 6.55. The first-order chi connectivity index (χ1) is 13.8. The van der Waals surface area contributed by atoms with Gasteiger partial charge in [-0.1, -0.05) is 41.9 Å². The quantitative estimate of drug-likeness (QED) is 0.394.